The van der Waals surface area contributed by atoms with Crippen molar-refractivity contribution in [3.63, 3.8) is 0 Å². The molecular weight excluding hydrogens is 408 g/mol. The van der Waals surface area contributed by atoms with Crippen LogP contribution in [0.5, 0.6) is 0 Å². The molecule has 3 fully saturated rings. The fourth-order valence-electron chi connectivity index (χ4n) is 6.46. The van der Waals surface area contributed by atoms with Crippen LogP contribution in [0.3, 0.4) is 0 Å². The normalized spacial score (nSPS) is 28.1. The Hall–Kier alpha value is -2.40. The minimum absolute atomic E-state index is 0.0342. The summed E-state index contributed by atoms with van der Waals surface area (Å²) in [5.41, 5.74) is 4.47. The molecule has 2 heterocycles. The molecule has 0 atom stereocenters. The van der Waals surface area contributed by atoms with Gasteiger partial charge in [-0.3, -0.25) is 14.8 Å². The first-order chi connectivity index (χ1) is 15.8. The number of pyridine rings is 1. The van der Waals surface area contributed by atoms with Crippen molar-refractivity contribution in [2.24, 2.45) is 5.92 Å². The molecule has 5 heteroatoms. The molecule has 5 nitrogen and oxygen atoms in total. The second-order valence-corrected chi connectivity index (χ2v) is 10.9. The lowest BCUT2D eigenvalue weighted by atomic mass is 9.68. The maximum Gasteiger partial charge on any atom is 0.325 e. The molecule has 2 aliphatic carbocycles. The van der Waals surface area contributed by atoms with Gasteiger partial charge in [-0.2, -0.15) is 0 Å². The largest absolute Gasteiger partial charge is 0.325 e. The third kappa shape index (κ3) is 3.74. The zero-order chi connectivity index (χ0) is 23.2. The number of hydrogen-bond donors (Lipinski definition) is 0. The van der Waals surface area contributed by atoms with Crippen molar-refractivity contribution in [3.8, 4) is 0 Å². The number of urea groups is 1. The first-order valence-electron chi connectivity index (χ1n) is 12.6. The van der Waals surface area contributed by atoms with Crippen molar-refractivity contribution in [1.82, 2.24) is 14.8 Å². The Morgan fingerprint density at radius 1 is 1.06 bits per heavy atom. The predicted octanol–water partition coefficient (Wildman–Crippen LogP) is 5.51. The zero-order valence-corrected chi connectivity index (χ0v) is 20.7. The van der Waals surface area contributed by atoms with E-state index in [-0.39, 0.29) is 17.1 Å². The smallest absolute Gasteiger partial charge is 0.317 e. The molecule has 1 spiro atoms. The summed E-state index contributed by atoms with van der Waals surface area (Å²) in [6.07, 6.45) is 9.94. The van der Waals surface area contributed by atoms with Crippen LogP contribution in [-0.2, 0) is 5.54 Å². The minimum Gasteiger partial charge on any atom is -0.317 e. The number of carbonyl (C=O) groups is 1. The summed E-state index contributed by atoms with van der Waals surface area (Å²) in [6, 6.07) is 13.2. The first kappa shape index (κ1) is 22.4. The molecule has 0 N–H and O–H groups in total. The van der Waals surface area contributed by atoms with Crippen LogP contribution in [0.4, 0.5) is 10.5 Å². The van der Waals surface area contributed by atoms with Crippen LogP contribution in [0.2, 0.25) is 0 Å². The lowest BCUT2D eigenvalue weighted by Gasteiger charge is -2.51. The van der Waals surface area contributed by atoms with Gasteiger partial charge in [0.05, 0.1) is 24.0 Å². The summed E-state index contributed by atoms with van der Waals surface area (Å²) in [4.78, 5) is 25.1. The summed E-state index contributed by atoms with van der Waals surface area (Å²) in [5, 5.41) is 0. The highest BCUT2D eigenvalue weighted by Gasteiger charge is 2.55. The van der Waals surface area contributed by atoms with Crippen molar-refractivity contribution in [1.29, 1.82) is 0 Å². The number of anilines is 1. The van der Waals surface area contributed by atoms with Crippen LogP contribution in [0.15, 0.2) is 42.6 Å². The molecule has 33 heavy (non-hydrogen) atoms. The Bertz CT molecular complexity index is 1010. The van der Waals surface area contributed by atoms with E-state index in [0.29, 0.717) is 5.92 Å². The van der Waals surface area contributed by atoms with Gasteiger partial charge < -0.3 is 4.90 Å². The number of rotatable bonds is 5. The Morgan fingerprint density at radius 3 is 2.33 bits per heavy atom. The quantitative estimate of drug-likeness (QED) is 0.608. The molecule has 2 amide bonds. The molecule has 1 aliphatic heterocycles. The van der Waals surface area contributed by atoms with E-state index in [1.807, 2.05) is 18.0 Å². The summed E-state index contributed by atoms with van der Waals surface area (Å²) >= 11 is 0. The Balaban J connectivity index is 1.46. The van der Waals surface area contributed by atoms with Gasteiger partial charge in [0.25, 0.3) is 0 Å². The van der Waals surface area contributed by atoms with Crippen LogP contribution in [-0.4, -0.2) is 53.5 Å². The lowest BCUT2D eigenvalue weighted by molar-refractivity contribution is 0.0172. The van der Waals surface area contributed by atoms with Crippen LogP contribution in [0.25, 0.3) is 0 Å². The second kappa shape index (κ2) is 8.43. The third-order valence-electron chi connectivity index (χ3n) is 8.84. The highest BCUT2D eigenvalue weighted by molar-refractivity contribution is 5.96. The molecule has 5 rings (SSSR count). The molecule has 2 saturated carbocycles. The van der Waals surface area contributed by atoms with Crippen LogP contribution in [0.1, 0.15) is 61.8 Å². The van der Waals surface area contributed by atoms with E-state index >= 15 is 0 Å². The van der Waals surface area contributed by atoms with Crippen molar-refractivity contribution >= 4 is 11.7 Å². The van der Waals surface area contributed by atoms with Crippen LogP contribution >= 0.6 is 0 Å². The Morgan fingerprint density at radius 2 is 1.76 bits per heavy atom. The molecule has 0 bridgehead atoms. The van der Waals surface area contributed by atoms with Gasteiger partial charge in [-0.25, -0.2) is 4.79 Å². The average Bonchev–Trinajstić information content (AvgIpc) is 3.03. The third-order valence-corrected chi connectivity index (χ3v) is 8.84. The van der Waals surface area contributed by atoms with Gasteiger partial charge in [0.15, 0.2) is 0 Å². The van der Waals surface area contributed by atoms with E-state index in [2.05, 4.69) is 72.2 Å². The summed E-state index contributed by atoms with van der Waals surface area (Å²) in [7, 11) is 4.43. The van der Waals surface area contributed by atoms with Crippen molar-refractivity contribution in [2.45, 2.75) is 69.9 Å². The minimum atomic E-state index is -0.0850. The fraction of sp³-hybridized carbons (Fsp3) is 0.571. The molecule has 176 valence electrons. The standard InChI is InChI=1S/C28H38N4O/c1-21-17-22(2)29-18-25(21)31-20-27(32(26(31)33)19-23-9-8-10-23)13-15-28(16-14-27,30(3)4)24-11-6-5-7-12-24/h5-7,11-12,17-18,23H,8-10,13-16,19-20H2,1-4H3/t27-,28+. The number of aromatic nitrogens is 1. The van der Waals surface area contributed by atoms with Crippen molar-refractivity contribution < 1.29 is 4.79 Å². The number of carbonyl (C=O) groups excluding carboxylic acids is 1. The summed E-state index contributed by atoms with van der Waals surface area (Å²) < 4.78 is 0. The van der Waals surface area contributed by atoms with E-state index in [1.165, 1.54) is 24.8 Å². The maximum absolute atomic E-state index is 13.9. The van der Waals surface area contributed by atoms with E-state index in [1.54, 1.807) is 0 Å². The van der Waals surface area contributed by atoms with Gasteiger partial charge in [0.2, 0.25) is 0 Å². The van der Waals surface area contributed by atoms with Crippen LogP contribution < -0.4 is 4.90 Å². The Kier molecular flexibility index (Phi) is 5.72. The summed E-state index contributed by atoms with van der Waals surface area (Å²) in [6.45, 7) is 5.81. The average molecular weight is 447 g/mol. The molecule has 1 saturated heterocycles. The van der Waals surface area contributed by atoms with E-state index in [0.717, 1.165) is 55.7 Å². The highest BCUT2D eigenvalue weighted by atomic mass is 16.2. The van der Waals surface area contributed by atoms with E-state index < -0.39 is 0 Å². The van der Waals surface area contributed by atoms with Gasteiger partial charge in [-0.1, -0.05) is 36.8 Å². The fourth-order valence-corrected chi connectivity index (χ4v) is 6.46. The van der Waals surface area contributed by atoms with Gasteiger partial charge in [0, 0.05) is 17.8 Å². The van der Waals surface area contributed by atoms with Crippen LogP contribution in [0, 0.1) is 19.8 Å². The molecule has 2 aromatic rings. The number of amides is 2. The first-order valence-corrected chi connectivity index (χ1v) is 12.6. The molecular formula is C28H38N4O. The monoisotopic (exact) mass is 446 g/mol. The molecule has 3 aliphatic rings. The number of hydrogen-bond acceptors (Lipinski definition) is 3. The van der Waals surface area contributed by atoms with E-state index in [4.69, 9.17) is 0 Å². The van der Waals surface area contributed by atoms with Crippen molar-refractivity contribution in [3.05, 3.63) is 59.4 Å². The van der Waals surface area contributed by atoms with Gasteiger partial charge in [-0.05, 0) is 89.6 Å². The Labute approximate surface area is 198 Å². The topological polar surface area (TPSA) is 39.7 Å². The van der Waals surface area contributed by atoms with Gasteiger partial charge >= 0.3 is 6.03 Å². The van der Waals surface area contributed by atoms with Gasteiger partial charge in [0.1, 0.15) is 0 Å². The number of aryl methyl sites for hydroxylation is 2. The SMILES string of the molecule is Cc1cc(C)c(N2C[C@]3(CC[C@](c4ccccc4)(N(C)C)CC3)N(CC3CCC3)C2=O)cn1. The van der Waals surface area contributed by atoms with Crippen molar-refractivity contribution in [2.75, 3.05) is 32.1 Å². The molecule has 1 aromatic heterocycles. The molecule has 1 aromatic carbocycles. The highest BCUT2D eigenvalue weighted by Crippen LogP contribution is 2.50. The summed E-state index contributed by atoms with van der Waals surface area (Å²) in [5.74, 6) is 0.665. The molecule has 0 radical (unpaired) electrons. The second-order valence-electron chi connectivity index (χ2n) is 10.9. The molecule has 0 unspecified atom stereocenters. The zero-order valence-electron chi connectivity index (χ0n) is 20.7. The van der Waals surface area contributed by atoms with Gasteiger partial charge in [-0.15, -0.1) is 0 Å². The number of benzene rings is 1. The van der Waals surface area contributed by atoms with E-state index in [9.17, 15) is 4.79 Å². The maximum atomic E-state index is 13.9. The predicted molar refractivity (Wildman–Crippen MR) is 134 cm³/mol. The number of nitrogens with zero attached hydrogens (tertiary/aromatic N) is 4. The lowest BCUT2D eigenvalue weighted by Crippen LogP contribution is -2.56.